The first-order valence-corrected chi connectivity index (χ1v) is 17.1. The Hall–Kier alpha value is -4.92. The molecule has 1 aliphatic carbocycles. The number of hydrogen-bond acceptors (Lipinski definition) is 6. The Balaban J connectivity index is 1.06. The van der Waals surface area contributed by atoms with E-state index in [1.165, 1.54) is 4.90 Å². The van der Waals surface area contributed by atoms with Crippen LogP contribution >= 0.6 is 0 Å². The summed E-state index contributed by atoms with van der Waals surface area (Å²) in [7, 11) is 0. The second-order valence-electron chi connectivity index (χ2n) is 15.5. The van der Waals surface area contributed by atoms with Crippen LogP contribution in [0, 0.1) is 17.8 Å². The van der Waals surface area contributed by atoms with Crippen LogP contribution in [-0.4, -0.2) is 71.6 Å². The van der Waals surface area contributed by atoms with Crippen LogP contribution in [0.4, 0.5) is 18.4 Å². The van der Waals surface area contributed by atoms with E-state index in [4.69, 9.17) is 14.5 Å². The molecular formula is C38H42F2N6O4. The molecule has 2 N–H and O–H groups in total. The topological polar surface area (TPSA) is 116 Å². The van der Waals surface area contributed by atoms with Gasteiger partial charge in [-0.1, -0.05) is 24.0 Å². The molecule has 4 aromatic rings. The van der Waals surface area contributed by atoms with Crippen molar-refractivity contribution in [3.8, 4) is 23.1 Å². The van der Waals surface area contributed by atoms with E-state index in [1.807, 2.05) is 69.4 Å². The summed E-state index contributed by atoms with van der Waals surface area (Å²) in [6.07, 6.45) is 2.45. The number of ether oxygens (including phenoxy) is 2. The van der Waals surface area contributed by atoms with Crippen molar-refractivity contribution in [2.75, 3.05) is 6.54 Å². The number of benzene rings is 2. The number of rotatable bonds is 3. The first-order valence-electron chi connectivity index (χ1n) is 17.1. The maximum absolute atomic E-state index is 14.9. The van der Waals surface area contributed by atoms with Crippen molar-refractivity contribution in [3.05, 3.63) is 71.4 Å². The lowest BCUT2D eigenvalue weighted by Gasteiger charge is -2.38. The van der Waals surface area contributed by atoms with Crippen LogP contribution < -0.4 is 0 Å². The highest BCUT2D eigenvalue weighted by atomic mass is 19.3. The number of carbonyl (C=O) groups excluding carboxylic acids is 2. The van der Waals surface area contributed by atoms with Crippen molar-refractivity contribution in [2.45, 2.75) is 102 Å². The maximum Gasteiger partial charge on any atom is 0.411 e. The van der Waals surface area contributed by atoms with Crippen LogP contribution in [0.1, 0.15) is 102 Å². The fraction of sp³-hybridized carbons (Fsp3) is 0.474. The lowest BCUT2D eigenvalue weighted by atomic mass is 9.94. The summed E-state index contributed by atoms with van der Waals surface area (Å²) < 4.78 is 41.1. The first-order chi connectivity index (χ1) is 23.5. The molecule has 1 saturated carbocycles. The number of piperidine rings is 1. The minimum atomic E-state index is -2.89. The Kier molecular flexibility index (Phi) is 8.15. The van der Waals surface area contributed by atoms with Gasteiger partial charge in [0.25, 0.3) is 5.92 Å². The smallest absolute Gasteiger partial charge is 0.411 e. The zero-order chi connectivity index (χ0) is 35.6. The van der Waals surface area contributed by atoms with Crippen LogP contribution in [-0.2, 0) is 9.47 Å². The van der Waals surface area contributed by atoms with E-state index in [0.717, 1.165) is 35.5 Å². The molecule has 4 heterocycles. The largest absolute Gasteiger partial charge is 0.444 e. The third-order valence-corrected chi connectivity index (χ3v) is 9.36. The molecule has 12 heteroatoms. The van der Waals surface area contributed by atoms with E-state index in [2.05, 4.69) is 26.8 Å². The number of fused-ring (bicyclic) bond motifs is 3. The summed E-state index contributed by atoms with van der Waals surface area (Å²) in [5.74, 6) is 3.49. The van der Waals surface area contributed by atoms with Gasteiger partial charge >= 0.3 is 12.2 Å². The third-order valence-electron chi connectivity index (χ3n) is 9.36. The molecule has 10 nitrogen and oxygen atoms in total. The zero-order valence-electron chi connectivity index (χ0n) is 29.1. The van der Waals surface area contributed by atoms with Crippen molar-refractivity contribution in [1.82, 2.24) is 29.7 Å². The van der Waals surface area contributed by atoms with Gasteiger partial charge in [0, 0.05) is 41.9 Å². The van der Waals surface area contributed by atoms with E-state index >= 15 is 0 Å². The number of imidazole rings is 2. The number of nitrogens with one attached hydrogen (secondary N) is 2. The third kappa shape index (κ3) is 6.65. The number of amides is 2. The molecule has 4 atom stereocenters. The minimum absolute atomic E-state index is 0.162. The number of halogens is 2. The molecule has 2 saturated heterocycles. The Morgan fingerprint density at radius 1 is 0.920 bits per heavy atom. The summed E-state index contributed by atoms with van der Waals surface area (Å²) in [5.41, 5.74) is 3.14. The molecule has 262 valence electrons. The number of hydrogen-bond donors (Lipinski definition) is 2. The molecule has 0 radical (unpaired) electrons. The molecule has 2 amide bonds. The standard InChI is InChI=1S/C38H42F2N6O4/c1-36(2,3)49-34(47)45-17-7-8-30(45)32-41-21-29(44-32)24-14-11-22(12-15-24)9-10-23-13-16-27-28(18-23)43-33(42-27)31-26-19-25(20-38(26,39)40)46(31)35(48)50-37(4,5)6/h11-16,18,21,25-26,30-31H,7-8,17,19-20H2,1-6H3,(H,41,44)(H,42,43)/t25-,26-,30-,31-/m0/s1. The number of likely N-dealkylation sites (tertiary alicyclic amines) is 2. The van der Waals surface area contributed by atoms with Crippen molar-refractivity contribution in [3.63, 3.8) is 0 Å². The molecule has 2 bridgehead atoms. The fourth-order valence-corrected chi connectivity index (χ4v) is 7.26. The second-order valence-corrected chi connectivity index (χ2v) is 15.5. The minimum Gasteiger partial charge on any atom is -0.444 e. The number of aromatic nitrogens is 4. The average molecular weight is 685 g/mol. The van der Waals surface area contributed by atoms with Crippen LogP contribution in [0.2, 0.25) is 0 Å². The van der Waals surface area contributed by atoms with Crippen LogP contribution in [0.25, 0.3) is 22.3 Å². The van der Waals surface area contributed by atoms with Gasteiger partial charge < -0.3 is 19.4 Å². The molecule has 3 aliphatic rings. The predicted octanol–water partition coefficient (Wildman–Crippen LogP) is 8.13. The monoisotopic (exact) mass is 684 g/mol. The summed E-state index contributed by atoms with van der Waals surface area (Å²) in [4.78, 5) is 45.0. The predicted molar refractivity (Wildman–Crippen MR) is 183 cm³/mol. The van der Waals surface area contributed by atoms with Crippen molar-refractivity contribution in [1.29, 1.82) is 0 Å². The Bertz CT molecular complexity index is 1990. The molecular weight excluding hydrogens is 642 g/mol. The highest BCUT2D eigenvalue weighted by molar-refractivity contribution is 5.78. The number of nitrogens with zero attached hydrogens (tertiary/aromatic N) is 4. The van der Waals surface area contributed by atoms with E-state index in [1.54, 1.807) is 25.7 Å². The molecule has 0 unspecified atom stereocenters. The van der Waals surface area contributed by atoms with Crippen molar-refractivity contribution < 1.29 is 27.8 Å². The maximum atomic E-state index is 14.9. The van der Waals surface area contributed by atoms with Gasteiger partial charge in [-0.3, -0.25) is 9.80 Å². The second kappa shape index (κ2) is 12.1. The van der Waals surface area contributed by atoms with E-state index < -0.39 is 41.2 Å². The van der Waals surface area contributed by atoms with E-state index in [0.29, 0.717) is 29.0 Å². The van der Waals surface area contributed by atoms with Gasteiger partial charge in [-0.15, -0.1) is 0 Å². The average Bonchev–Trinajstić information content (AvgIpc) is 3.84. The summed E-state index contributed by atoms with van der Waals surface area (Å²) in [6.45, 7) is 11.5. The lowest BCUT2D eigenvalue weighted by molar-refractivity contribution is -0.0936. The van der Waals surface area contributed by atoms with Crippen LogP contribution in [0.3, 0.4) is 0 Å². The highest BCUT2D eigenvalue weighted by Gasteiger charge is 2.64. The Morgan fingerprint density at radius 3 is 2.32 bits per heavy atom. The molecule has 2 aliphatic heterocycles. The fourth-order valence-electron chi connectivity index (χ4n) is 7.26. The molecule has 0 spiro atoms. The van der Waals surface area contributed by atoms with Gasteiger partial charge in [0.2, 0.25) is 0 Å². The summed E-state index contributed by atoms with van der Waals surface area (Å²) in [5, 5.41) is 0. The number of alkyl halides is 2. The SMILES string of the molecule is CC(C)(C)OC(=O)N1CCC[C@H]1c1nc(-c2ccc(C#Cc3ccc4[nH]c([C@@H]5[C@@H]6C[C@@H](CC6(F)F)N5C(=O)OC(C)(C)C)nc4c3)cc2)c[nH]1. The van der Waals surface area contributed by atoms with Crippen molar-refractivity contribution in [2.24, 2.45) is 5.92 Å². The molecule has 50 heavy (non-hydrogen) atoms. The zero-order valence-corrected chi connectivity index (χ0v) is 29.1. The van der Waals surface area contributed by atoms with Gasteiger partial charge in [0.05, 0.1) is 28.7 Å². The van der Waals surface area contributed by atoms with Crippen LogP contribution in [0.15, 0.2) is 48.7 Å². The van der Waals surface area contributed by atoms with Gasteiger partial charge in [-0.05, 0) is 91.1 Å². The quantitative estimate of drug-likeness (QED) is 0.211. The van der Waals surface area contributed by atoms with E-state index in [9.17, 15) is 18.4 Å². The highest BCUT2D eigenvalue weighted by Crippen LogP contribution is 2.57. The van der Waals surface area contributed by atoms with Gasteiger partial charge in [0.15, 0.2) is 0 Å². The normalized spacial score (nSPS) is 22.9. The molecule has 3 fully saturated rings. The van der Waals surface area contributed by atoms with Crippen molar-refractivity contribution >= 4 is 23.2 Å². The summed E-state index contributed by atoms with van der Waals surface area (Å²) in [6, 6.07) is 11.6. The molecule has 2 aromatic heterocycles. The van der Waals surface area contributed by atoms with Gasteiger partial charge in [-0.2, -0.15) is 0 Å². The summed E-state index contributed by atoms with van der Waals surface area (Å²) >= 11 is 0. The number of carbonyl (C=O) groups is 2. The van der Waals surface area contributed by atoms with Gasteiger partial charge in [0.1, 0.15) is 28.9 Å². The number of H-pyrrole nitrogens is 2. The van der Waals surface area contributed by atoms with E-state index in [-0.39, 0.29) is 25.0 Å². The van der Waals surface area contributed by atoms with Crippen LogP contribution in [0.5, 0.6) is 0 Å². The number of aromatic amines is 2. The lowest BCUT2D eigenvalue weighted by Crippen LogP contribution is -2.48. The first kappa shape index (κ1) is 33.6. The Labute approximate surface area is 289 Å². The molecule has 7 rings (SSSR count). The Morgan fingerprint density at radius 2 is 1.60 bits per heavy atom. The molecule has 2 aromatic carbocycles. The van der Waals surface area contributed by atoms with Gasteiger partial charge in [-0.25, -0.2) is 28.3 Å².